The van der Waals surface area contributed by atoms with Crippen molar-refractivity contribution in [1.29, 1.82) is 0 Å². The van der Waals surface area contributed by atoms with Crippen LogP contribution in [0.15, 0.2) is 24.3 Å². The van der Waals surface area contributed by atoms with Gasteiger partial charge in [0.25, 0.3) is 0 Å². The first-order valence-electron chi connectivity index (χ1n) is 37.1. The molecule has 0 aliphatic rings. The van der Waals surface area contributed by atoms with Gasteiger partial charge in [0, 0.05) is 12.8 Å². The van der Waals surface area contributed by atoms with Crippen LogP contribution in [0, 0.1) is 0 Å². The lowest BCUT2D eigenvalue weighted by molar-refractivity contribution is -0.143. The molecule has 2 atom stereocenters. The molecule has 0 radical (unpaired) electrons. The smallest absolute Gasteiger partial charge is 0.305 e. The summed E-state index contributed by atoms with van der Waals surface area (Å²) in [6.45, 7) is 4.94. The van der Waals surface area contributed by atoms with Crippen molar-refractivity contribution in [2.45, 2.75) is 431 Å². The zero-order chi connectivity index (χ0) is 58.5. The van der Waals surface area contributed by atoms with Crippen LogP contribution < -0.4 is 5.32 Å². The first kappa shape index (κ1) is 79.3. The first-order valence-corrected chi connectivity index (χ1v) is 37.1. The molecular formula is C75H145NO5. The van der Waals surface area contributed by atoms with E-state index in [1.807, 2.05) is 6.08 Å². The van der Waals surface area contributed by atoms with Gasteiger partial charge in [-0.1, -0.05) is 372 Å². The van der Waals surface area contributed by atoms with Crippen LogP contribution in [0.25, 0.3) is 0 Å². The first-order chi connectivity index (χ1) is 40.0. The summed E-state index contributed by atoms with van der Waals surface area (Å²) in [7, 11) is 0. The number of aliphatic hydroxyl groups excluding tert-OH is 2. The molecule has 6 nitrogen and oxygen atoms in total. The van der Waals surface area contributed by atoms with Crippen molar-refractivity contribution in [2.75, 3.05) is 13.2 Å². The van der Waals surface area contributed by atoms with Gasteiger partial charge >= 0.3 is 5.97 Å². The molecule has 0 aromatic carbocycles. The topological polar surface area (TPSA) is 95.9 Å². The lowest BCUT2D eigenvalue weighted by Crippen LogP contribution is -2.45. The summed E-state index contributed by atoms with van der Waals surface area (Å²) in [4.78, 5) is 24.6. The minimum Gasteiger partial charge on any atom is -0.466 e. The van der Waals surface area contributed by atoms with Gasteiger partial charge in [0.2, 0.25) is 5.91 Å². The van der Waals surface area contributed by atoms with Crippen molar-refractivity contribution in [3.63, 3.8) is 0 Å². The minimum absolute atomic E-state index is 0.0106. The lowest BCUT2D eigenvalue weighted by atomic mass is 10.0. The molecule has 0 heterocycles. The number of carbonyl (C=O) groups excluding carboxylic acids is 2. The molecule has 0 aromatic heterocycles. The molecule has 81 heavy (non-hydrogen) atoms. The minimum atomic E-state index is -0.844. The Bertz CT molecular complexity index is 1270. The van der Waals surface area contributed by atoms with E-state index < -0.39 is 12.1 Å². The highest BCUT2D eigenvalue weighted by Gasteiger charge is 2.18. The Morgan fingerprint density at radius 3 is 0.877 bits per heavy atom. The Labute approximate surface area is 507 Å². The number of aliphatic hydroxyl groups is 2. The van der Waals surface area contributed by atoms with E-state index >= 15 is 0 Å². The van der Waals surface area contributed by atoms with Gasteiger partial charge in [0.15, 0.2) is 0 Å². The largest absolute Gasteiger partial charge is 0.466 e. The summed E-state index contributed by atoms with van der Waals surface area (Å²) in [6, 6.07) is -0.627. The van der Waals surface area contributed by atoms with Crippen molar-refractivity contribution in [3.05, 3.63) is 24.3 Å². The van der Waals surface area contributed by atoms with Gasteiger partial charge in [-0.15, -0.1) is 0 Å². The molecule has 1 amide bonds. The molecule has 0 aromatic rings. The van der Waals surface area contributed by atoms with Crippen molar-refractivity contribution >= 4 is 11.9 Å². The average molecular weight is 1140 g/mol. The summed E-state index contributed by atoms with van der Waals surface area (Å²) in [5, 5.41) is 23.3. The Balaban J connectivity index is 3.37. The Morgan fingerprint density at radius 1 is 0.333 bits per heavy atom. The van der Waals surface area contributed by atoms with Gasteiger partial charge in [-0.25, -0.2) is 0 Å². The third-order valence-corrected chi connectivity index (χ3v) is 17.5. The number of esters is 1. The highest BCUT2D eigenvalue weighted by atomic mass is 16.5. The monoisotopic (exact) mass is 1140 g/mol. The van der Waals surface area contributed by atoms with E-state index in [0.717, 1.165) is 44.9 Å². The number of nitrogens with one attached hydrogen (secondary N) is 1. The molecule has 0 spiro atoms. The zero-order valence-corrected chi connectivity index (χ0v) is 55.0. The molecule has 3 N–H and O–H groups in total. The third kappa shape index (κ3) is 67.3. The summed E-state index contributed by atoms with van der Waals surface area (Å²) in [6.07, 6.45) is 89.9. The maximum Gasteiger partial charge on any atom is 0.305 e. The van der Waals surface area contributed by atoms with Crippen LogP contribution in [0.5, 0.6) is 0 Å². The fourth-order valence-corrected chi connectivity index (χ4v) is 11.8. The van der Waals surface area contributed by atoms with Gasteiger partial charge < -0.3 is 20.3 Å². The molecule has 0 fully saturated rings. The van der Waals surface area contributed by atoms with Crippen LogP contribution in [-0.4, -0.2) is 47.4 Å². The molecule has 0 aliphatic carbocycles. The average Bonchev–Trinajstić information content (AvgIpc) is 3.47. The van der Waals surface area contributed by atoms with Gasteiger partial charge in [-0.05, 0) is 57.8 Å². The number of hydrogen-bond donors (Lipinski definition) is 3. The molecule has 0 rings (SSSR count). The van der Waals surface area contributed by atoms with E-state index in [9.17, 15) is 19.8 Å². The van der Waals surface area contributed by atoms with Crippen LogP contribution >= 0.6 is 0 Å². The predicted octanol–water partition coefficient (Wildman–Crippen LogP) is 24.1. The Hall–Kier alpha value is -1.66. The third-order valence-electron chi connectivity index (χ3n) is 17.5. The van der Waals surface area contributed by atoms with Crippen molar-refractivity contribution in [3.8, 4) is 0 Å². The van der Waals surface area contributed by atoms with Crippen LogP contribution in [0.3, 0.4) is 0 Å². The van der Waals surface area contributed by atoms with Crippen LogP contribution in [0.1, 0.15) is 418 Å². The zero-order valence-electron chi connectivity index (χ0n) is 55.0. The van der Waals surface area contributed by atoms with Gasteiger partial charge in [-0.2, -0.15) is 0 Å². The molecule has 0 bridgehead atoms. The van der Waals surface area contributed by atoms with Crippen LogP contribution in [0.2, 0.25) is 0 Å². The SMILES string of the molecule is CCCCCCCC/C=C\CCCCCCCC(=O)OCCCCCCCCCCCCCCCCCCCCCCCCCCCCCC(=O)NC(CO)C(O)/C=C/CCCCCCCCCCCCCCCCCCCCCC. The maximum absolute atomic E-state index is 12.5. The molecular weight excluding hydrogens is 995 g/mol. The van der Waals surface area contributed by atoms with E-state index in [1.165, 1.54) is 347 Å². The Morgan fingerprint density at radius 2 is 0.580 bits per heavy atom. The molecule has 0 saturated carbocycles. The van der Waals surface area contributed by atoms with E-state index in [4.69, 9.17) is 4.74 Å². The molecule has 480 valence electrons. The fraction of sp³-hybridized carbons (Fsp3) is 0.920. The van der Waals surface area contributed by atoms with Crippen LogP contribution in [0.4, 0.5) is 0 Å². The standard InChI is InChI=1S/C75H145NO5/c1-3-5-7-9-11-13-15-17-19-20-21-22-30-33-36-40-43-47-51-55-59-63-67-73(78)72(71-77)76-74(79)68-64-60-56-52-48-44-41-37-34-31-28-26-24-23-25-27-29-32-35-38-42-46-50-54-58-62-66-70-81-75(80)69-65-61-57-53-49-45-39-18-16-14-12-10-8-6-4-2/h18,39,63,67,72-73,77-78H,3-17,19-38,40-62,64-66,68-71H2,1-2H3,(H,76,79)/b39-18-,67-63+. The van der Waals surface area contributed by atoms with E-state index in [-0.39, 0.29) is 18.5 Å². The number of amides is 1. The molecule has 0 saturated heterocycles. The molecule has 2 unspecified atom stereocenters. The fourth-order valence-electron chi connectivity index (χ4n) is 11.8. The number of carbonyl (C=O) groups is 2. The molecule has 6 heteroatoms. The summed E-state index contributed by atoms with van der Waals surface area (Å²) in [5.41, 5.74) is 0. The number of ether oxygens (including phenoxy) is 1. The molecule has 0 aliphatic heterocycles. The number of rotatable bonds is 70. The lowest BCUT2D eigenvalue weighted by Gasteiger charge is -2.20. The van der Waals surface area contributed by atoms with Gasteiger partial charge in [0.1, 0.15) is 0 Å². The van der Waals surface area contributed by atoms with Crippen molar-refractivity contribution < 1.29 is 24.5 Å². The summed E-state index contributed by atoms with van der Waals surface area (Å²) < 4.78 is 5.49. The van der Waals surface area contributed by atoms with Crippen LogP contribution in [-0.2, 0) is 14.3 Å². The predicted molar refractivity (Wildman–Crippen MR) is 356 cm³/mol. The van der Waals surface area contributed by atoms with Gasteiger partial charge in [-0.3, -0.25) is 9.59 Å². The van der Waals surface area contributed by atoms with E-state index in [0.29, 0.717) is 19.4 Å². The van der Waals surface area contributed by atoms with E-state index in [2.05, 4.69) is 31.3 Å². The van der Waals surface area contributed by atoms with Crippen molar-refractivity contribution in [1.82, 2.24) is 5.32 Å². The maximum atomic E-state index is 12.5. The summed E-state index contributed by atoms with van der Waals surface area (Å²) in [5.74, 6) is -0.0501. The Kier molecular flexibility index (Phi) is 69.4. The second kappa shape index (κ2) is 70.8. The number of allylic oxidation sites excluding steroid dienone is 3. The highest BCUT2D eigenvalue weighted by Crippen LogP contribution is 2.19. The quantitative estimate of drug-likeness (QED) is 0.0320. The number of unbranched alkanes of at least 4 members (excludes halogenated alkanes) is 57. The number of hydrogen-bond acceptors (Lipinski definition) is 5. The second-order valence-electron chi connectivity index (χ2n) is 25.6. The van der Waals surface area contributed by atoms with Gasteiger partial charge in [0.05, 0.1) is 25.4 Å². The van der Waals surface area contributed by atoms with E-state index in [1.54, 1.807) is 6.08 Å². The highest BCUT2D eigenvalue weighted by molar-refractivity contribution is 5.76. The normalized spacial score (nSPS) is 12.6. The second-order valence-corrected chi connectivity index (χ2v) is 25.6. The summed E-state index contributed by atoms with van der Waals surface area (Å²) >= 11 is 0. The van der Waals surface area contributed by atoms with Crippen molar-refractivity contribution in [2.24, 2.45) is 0 Å².